The van der Waals surface area contributed by atoms with Crippen LogP contribution in [0.3, 0.4) is 0 Å². The number of halogens is 1. The third-order valence-corrected chi connectivity index (χ3v) is 4.96. The lowest BCUT2D eigenvalue weighted by molar-refractivity contribution is -0.116. The van der Waals surface area contributed by atoms with E-state index in [-0.39, 0.29) is 5.91 Å². The Bertz CT molecular complexity index is 1170. The molecule has 7 nitrogen and oxygen atoms in total. The van der Waals surface area contributed by atoms with Gasteiger partial charge in [0.2, 0.25) is 5.91 Å². The minimum Gasteiger partial charge on any atom is -0.365 e. The van der Waals surface area contributed by atoms with Crippen molar-refractivity contribution in [1.29, 1.82) is 0 Å². The first kappa shape index (κ1) is 19.8. The molecular formula is C22H21ClN6O. The molecule has 0 aliphatic heterocycles. The predicted molar refractivity (Wildman–Crippen MR) is 118 cm³/mol. The maximum atomic E-state index is 12.3. The van der Waals surface area contributed by atoms with Crippen molar-refractivity contribution in [3.8, 4) is 0 Å². The average Bonchev–Trinajstić information content (AvgIpc) is 3.16. The molecule has 0 aliphatic rings. The minimum atomic E-state index is -0.0712. The maximum Gasteiger partial charge on any atom is 0.224 e. The second-order valence-corrected chi connectivity index (χ2v) is 7.38. The van der Waals surface area contributed by atoms with Gasteiger partial charge in [0.1, 0.15) is 5.82 Å². The number of amides is 1. The average molecular weight is 421 g/mol. The van der Waals surface area contributed by atoms with Crippen LogP contribution in [0.2, 0.25) is 5.02 Å². The Kier molecular flexibility index (Phi) is 5.90. The number of fused-ring (bicyclic) bond motifs is 1. The van der Waals surface area contributed by atoms with Gasteiger partial charge in [-0.25, -0.2) is 0 Å². The van der Waals surface area contributed by atoms with Crippen LogP contribution in [0.5, 0.6) is 0 Å². The SMILES string of the molecule is Cc1ccccc1NC(=O)CCc1nnc2ccc(NCc3ccc(Cl)cc3)nn12. The summed E-state index contributed by atoms with van der Waals surface area (Å²) in [5.74, 6) is 1.26. The monoisotopic (exact) mass is 420 g/mol. The summed E-state index contributed by atoms with van der Waals surface area (Å²) in [4.78, 5) is 12.3. The molecule has 8 heteroatoms. The number of anilines is 2. The number of rotatable bonds is 7. The van der Waals surface area contributed by atoms with E-state index in [9.17, 15) is 4.79 Å². The molecule has 1 amide bonds. The molecular weight excluding hydrogens is 400 g/mol. The molecule has 2 aromatic heterocycles. The molecule has 0 spiro atoms. The molecule has 0 saturated heterocycles. The van der Waals surface area contributed by atoms with Crippen molar-refractivity contribution in [3.63, 3.8) is 0 Å². The highest BCUT2D eigenvalue weighted by atomic mass is 35.5. The number of carbonyl (C=O) groups excluding carboxylic acids is 1. The van der Waals surface area contributed by atoms with E-state index in [2.05, 4.69) is 25.9 Å². The number of para-hydroxylation sites is 1. The largest absolute Gasteiger partial charge is 0.365 e. The van der Waals surface area contributed by atoms with Gasteiger partial charge in [-0.2, -0.15) is 4.52 Å². The van der Waals surface area contributed by atoms with Crippen LogP contribution in [0.4, 0.5) is 11.5 Å². The van der Waals surface area contributed by atoms with Crippen molar-refractivity contribution in [3.05, 3.63) is 82.6 Å². The second-order valence-electron chi connectivity index (χ2n) is 6.95. The van der Waals surface area contributed by atoms with E-state index in [1.54, 1.807) is 4.52 Å². The molecule has 30 heavy (non-hydrogen) atoms. The molecule has 0 bridgehead atoms. The van der Waals surface area contributed by atoms with Gasteiger partial charge in [0.05, 0.1) is 0 Å². The van der Waals surface area contributed by atoms with E-state index in [0.29, 0.717) is 41.7 Å². The van der Waals surface area contributed by atoms with Crippen molar-refractivity contribution in [2.24, 2.45) is 0 Å². The molecule has 2 aromatic carbocycles. The lowest BCUT2D eigenvalue weighted by Crippen LogP contribution is -2.14. The number of nitrogens with one attached hydrogen (secondary N) is 2. The van der Waals surface area contributed by atoms with E-state index >= 15 is 0 Å². The van der Waals surface area contributed by atoms with Gasteiger partial charge in [-0.3, -0.25) is 4.79 Å². The van der Waals surface area contributed by atoms with E-state index in [4.69, 9.17) is 11.6 Å². The van der Waals surface area contributed by atoms with Crippen LogP contribution in [0, 0.1) is 6.92 Å². The zero-order valence-corrected chi connectivity index (χ0v) is 17.2. The van der Waals surface area contributed by atoms with Crippen molar-refractivity contribution in [2.45, 2.75) is 26.3 Å². The van der Waals surface area contributed by atoms with Crippen LogP contribution in [0.1, 0.15) is 23.4 Å². The molecule has 0 fully saturated rings. The molecule has 4 aromatic rings. The molecule has 0 atom stereocenters. The summed E-state index contributed by atoms with van der Waals surface area (Å²) in [6, 6.07) is 19.0. The molecule has 4 rings (SSSR count). The van der Waals surface area contributed by atoms with Crippen molar-refractivity contribution >= 4 is 34.7 Å². The van der Waals surface area contributed by atoms with Gasteiger partial charge < -0.3 is 10.6 Å². The summed E-state index contributed by atoms with van der Waals surface area (Å²) in [7, 11) is 0. The summed E-state index contributed by atoms with van der Waals surface area (Å²) in [5, 5.41) is 19.8. The number of aryl methyl sites for hydroxylation is 2. The Labute approximate surface area is 179 Å². The van der Waals surface area contributed by atoms with Crippen molar-refractivity contribution in [1.82, 2.24) is 19.8 Å². The summed E-state index contributed by atoms with van der Waals surface area (Å²) in [5.41, 5.74) is 3.58. The third-order valence-electron chi connectivity index (χ3n) is 4.71. The second kappa shape index (κ2) is 8.92. The Hall–Kier alpha value is -3.45. The van der Waals surface area contributed by atoms with Crippen LogP contribution in [0.15, 0.2) is 60.7 Å². The molecule has 0 saturated carbocycles. The van der Waals surface area contributed by atoms with E-state index in [0.717, 1.165) is 16.8 Å². The summed E-state index contributed by atoms with van der Waals surface area (Å²) in [6.07, 6.45) is 0.728. The highest BCUT2D eigenvalue weighted by Gasteiger charge is 2.11. The van der Waals surface area contributed by atoms with Crippen LogP contribution < -0.4 is 10.6 Å². The lowest BCUT2D eigenvalue weighted by atomic mass is 10.2. The highest BCUT2D eigenvalue weighted by molar-refractivity contribution is 6.30. The maximum absolute atomic E-state index is 12.3. The van der Waals surface area contributed by atoms with Gasteiger partial charge in [0.25, 0.3) is 0 Å². The quantitative estimate of drug-likeness (QED) is 0.466. The summed E-state index contributed by atoms with van der Waals surface area (Å²) in [6.45, 7) is 2.58. The number of hydrogen-bond acceptors (Lipinski definition) is 5. The lowest BCUT2D eigenvalue weighted by Gasteiger charge is -2.08. The van der Waals surface area contributed by atoms with Gasteiger partial charge in [-0.05, 0) is 48.4 Å². The fourth-order valence-electron chi connectivity index (χ4n) is 3.03. The fourth-order valence-corrected chi connectivity index (χ4v) is 3.16. The fraction of sp³-hybridized carbons (Fsp3) is 0.182. The van der Waals surface area contributed by atoms with E-state index in [1.807, 2.05) is 67.6 Å². The first-order valence-electron chi connectivity index (χ1n) is 9.63. The molecule has 152 valence electrons. The topological polar surface area (TPSA) is 84.2 Å². The Morgan fingerprint density at radius 2 is 1.83 bits per heavy atom. The number of aromatic nitrogens is 4. The van der Waals surface area contributed by atoms with E-state index < -0.39 is 0 Å². The van der Waals surface area contributed by atoms with Gasteiger partial charge in [-0.1, -0.05) is 41.9 Å². The van der Waals surface area contributed by atoms with Crippen LogP contribution >= 0.6 is 11.6 Å². The number of hydrogen-bond donors (Lipinski definition) is 2. The van der Waals surface area contributed by atoms with Crippen LogP contribution in [0.25, 0.3) is 5.65 Å². The smallest absolute Gasteiger partial charge is 0.224 e. The molecule has 0 radical (unpaired) electrons. The van der Waals surface area contributed by atoms with Crippen LogP contribution in [-0.4, -0.2) is 25.7 Å². The summed E-state index contributed by atoms with van der Waals surface area (Å²) >= 11 is 5.93. The van der Waals surface area contributed by atoms with Crippen molar-refractivity contribution < 1.29 is 4.79 Å². The predicted octanol–water partition coefficient (Wildman–Crippen LogP) is 4.27. The Balaban J connectivity index is 1.40. The standard InChI is InChI=1S/C22H21ClN6O/c1-15-4-2-3-5-18(15)25-22(30)13-12-21-27-26-20-11-10-19(28-29(20)21)24-14-16-6-8-17(23)9-7-16/h2-11H,12-14H2,1H3,(H,24,28)(H,25,30). The third kappa shape index (κ3) is 4.75. The minimum absolute atomic E-state index is 0.0712. The number of carbonyl (C=O) groups is 1. The number of nitrogens with zero attached hydrogens (tertiary/aromatic N) is 4. The molecule has 2 heterocycles. The molecule has 0 unspecified atom stereocenters. The molecule has 2 N–H and O–H groups in total. The van der Waals surface area contributed by atoms with Gasteiger partial charge >= 0.3 is 0 Å². The van der Waals surface area contributed by atoms with Gasteiger partial charge in [-0.15, -0.1) is 15.3 Å². The van der Waals surface area contributed by atoms with Gasteiger partial charge in [0, 0.05) is 30.1 Å². The molecule has 0 aliphatic carbocycles. The zero-order valence-electron chi connectivity index (χ0n) is 16.5. The first-order chi connectivity index (χ1) is 14.6. The van der Waals surface area contributed by atoms with Crippen molar-refractivity contribution in [2.75, 3.05) is 10.6 Å². The Morgan fingerprint density at radius 3 is 2.63 bits per heavy atom. The normalized spacial score (nSPS) is 10.9. The Morgan fingerprint density at radius 1 is 1.03 bits per heavy atom. The highest BCUT2D eigenvalue weighted by Crippen LogP contribution is 2.15. The number of benzene rings is 2. The first-order valence-corrected chi connectivity index (χ1v) is 10.0. The zero-order chi connectivity index (χ0) is 20.9. The van der Waals surface area contributed by atoms with Crippen LogP contribution in [-0.2, 0) is 17.8 Å². The van der Waals surface area contributed by atoms with Gasteiger partial charge in [0.15, 0.2) is 11.5 Å². The van der Waals surface area contributed by atoms with E-state index in [1.165, 1.54) is 0 Å². The summed E-state index contributed by atoms with van der Waals surface area (Å²) < 4.78 is 1.67.